The van der Waals surface area contributed by atoms with Gasteiger partial charge in [-0.1, -0.05) is 55.7 Å². The van der Waals surface area contributed by atoms with Crippen LogP contribution in [-0.2, 0) is 4.79 Å². The topological polar surface area (TPSA) is 106 Å². The van der Waals surface area contributed by atoms with Crippen molar-refractivity contribution in [3.05, 3.63) is 64.5 Å². The molecule has 1 heterocycles. The third kappa shape index (κ3) is 4.82. The van der Waals surface area contributed by atoms with Gasteiger partial charge in [0.25, 0.3) is 5.91 Å². The zero-order valence-electron chi connectivity index (χ0n) is 17.4. The normalized spacial score (nSPS) is 14.7. The smallest absolute Gasteiger partial charge is 0.268 e. The fourth-order valence-electron chi connectivity index (χ4n) is 3.94. The number of aromatic nitrogens is 1. The lowest BCUT2D eigenvalue weighted by Gasteiger charge is -2.21. The first-order chi connectivity index (χ1) is 15.5. The van der Waals surface area contributed by atoms with E-state index in [1.54, 1.807) is 0 Å². The Hall–Kier alpha value is -3.63. The van der Waals surface area contributed by atoms with Gasteiger partial charge >= 0.3 is 0 Å². The fraction of sp³-hybridized carbons (Fsp3) is 0.240. The highest BCUT2D eigenvalue weighted by molar-refractivity contribution is 7.16. The molecule has 1 fully saturated rings. The summed E-state index contributed by atoms with van der Waals surface area (Å²) in [6.45, 7) is 0. The number of phenols is 2. The molecule has 4 rings (SSSR count). The molecule has 0 spiro atoms. The molecule has 2 aromatic carbocycles. The van der Waals surface area contributed by atoms with Crippen LogP contribution in [-0.4, -0.2) is 21.1 Å². The maximum absolute atomic E-state index is 12.8. The van der Waals surface area contributed by atoms with E-state index >= 15 is 0 Å². The molecular formula is C25H23N3O3S. The molecule has 3 aromatic rings. The second-order valence-electron chi connectivity index (χ2n) is 7.80. The van der Waals surface area contributed by atoms with E-state index in [-0.39, 0.29) is 17.1 Å². The quantitative estimate of drug-likeness (QED) is 0.261. The van der Waals surface area contributed by atoms with Crippen LogP contribution in [0, 0.1) is 11.3 Å². The van der Waals surface area contributed by atoms with Crippen LogP contribution in [0.5, 0.6) is 11.5 Å². The van der Waals surface area contributed by atoms with Gasteiger partial charge in [0.1, 0.15) is 11.6 Å². The molecule has 0 radical (unpaired) electrons. The van der Waals surface area contributed by atoms with Gasteiger partial charge in [-0.2, -0.15) is 5.26 Å². The number of hydrogen-bond donors (Lipinski definition) is 3. The summed E-state index contributed by atoms with van der Waals surface area (Å²) in [5, 5.41) is 31.8. The molecule has 32 heavy (non-hydrogen) atoms. The summed E-state index contributed by atoms with van der Waals surface area (Å²) in [6.07, 6.45) is 7.23. The number of phenolic OH excluding ortho intramolecular Hbond substituents is 2. The number of aromatic hydroxyl groups is 2. The van der Waals surface area contributed by atoms with Crippen molar-refractivity contribution < 1.29 is 15.0 Å². The summed E-state index contributed by atoms with van der Waals surface area (Å²) >= 11 is 1.48. The van der Waals surface area contributed by atoms with Crippen molar-refractivity contribution in [3.63, 3.8) is 0 Å². The van der Waals surface area contributed by atoms with Crippen molar-refractivity contribution in [3.8, 4) is 28.8 Å². The van der Waals surface area contributed by atoms with Gasteiger partial charge in [-0.15, -0.1) is 11.3 Å². The molecule has 1 saturated carbocycles. The monoisotopic (exact) mass is 445 g/mol. The first kappa shape index (κ1) is 21.6. The summed E-state index contributed by atoms with van der Waals surface area (Å²) in [5.41, 5.74) is 2.22. The summed E-state index contributed by atoms with van der Waals surface area (Å²) in [5.74, 6) is -0.728. The maximum atomic E-state index is 12.8. The lowest BCUT2D eigenvalue weighted by molar-refractivity contribution is -0.112. The van der Waals surface area contributed by atoms with Gasteiger partial charge in [-0.05, 0) is 42.5 Å². The predicted octanol–water partition coefficient (Wildman–Crippen LogP) is 5.81. The Morgan fingerprint density at radius 1 is 1.09 bits per heavy atom. The SMILES string of the molecule is N#C/C(=C\c1ccc(O)c(O)c1)C(=O)Nc1nc(-c2ccccc2)c(C2CCCCC2)s1. The molecule has 162 valence electrons. The van der Waals surface area contributed by atoms with Gasteiger partial charge in [0.2, 0.25) is 0 Å². The summed E-state index contributed by atoms with van der Waals surface area (Å²) in [6, 6.07) is 16.0. The van der Waals surface area contributed by atoms with Crippen molar-refractivity contribution in [2.24, 2.45) is 0 Å². The number of nitrogens with one attached hydrogen (secondary N) is 1. The molecule has 3 N–H and O–H groups in total. The Morgan fingerprint density at radius 2 is 1.84 bits per heavy atom. The van der Waals surface area contributed by atoms with Crippen LogP contribution >= 0.6 is 11.3 Å². The Kier molecular flexibility index (Phi) is 6.52. The Balaban J connectivity index is 1.62. The minimum Gasteiger partial charge on any atom is -0.504 e. The molecule has 0 atom stereocenters. The molecule has 1 amide bonds. The average molecular weight is 446 g/mol. The molecule has 0 aliphatic heterocycles. The van der Waals surface area contributed by atoms with Crippen LogP contribution in [0.3, 0.4) is 0 Å². The first-order valence-electron chi connectivity index (χ1n) is 10.6. The second-order valence-corrected chi connectivity index (χ2v) is 8.84. The fourth-order valence-corrected chi connectivity index (χ4v) is 5.09. The number of anilines is 1. The van der Waals surface area contributed by atoms with E-state index in [0.29, 0.717) is 16.6 Å². The minimum absolute atomic E-state index is 0.120. The van der Waals surface area contributed by atoms with E-state index in [9.17, 15) is 20.3 Å². The number of benzene rings is 2. The van der Waals surface area contributed by atoms with Gasteiger partial charge < -0.3 is 10.2 Å². The van der Waals surface area contributed by atoms with Crippen LogP contribution in [0.2, 0.25) is 0 Å². The molecule has 0 bridgehead atoms. The lowest BCUT2D eigenvalue weighted by atomic mass is 9.87. The second kappa shape index (κ2) is 9.67. The molecule has 6 nitrogen and oxygen atoms in total. The van der Waals surface area contributed by atoms with Crippen molar-refractivity contribution in [1.29, 1.82) is 5.26 Å². The third-order valence-electron chi connectivity index (χ3n) is 5.57. The standard InChI is InChI=1S/C25H23N3O3S/c26-15-19(13-16-11-12-20(29)21(30)14-16)24(31)28-25-27-22(17-7-3-1-4-8-17)23(32-25)18-9-5-2-6-10-18/h1,3-4,7-8,11-14,18,29-30H,2,5-6,9-10H2,(H,27,28,31)/b19-13+. The van der Waals surface area contributed by atoms with E-state index in [1.165, 1.54) is 59.8 Å². The molecule has 1 aromatic heterocycles. The van der Waals surface area contributed by atoms with Crippen molar-refractivity contribution in [2.75, 3.05) is 5.32 Å². The minimum atomic E-state index is -0.566. The van der Waals surface area contributed by atoms with Crippen molar-refractivity contribution in [1.82, 2.24) is 4.98 Å². The Morgan fingerprint density at radius 3 is 2.53 bits per heavy atom. The van der Waals surface area contributed by atoms with E-state index in [1.807, 2.05) is 36.4 Å². The van der Waals surface area contributed by atoms with Crippen LogP contribution in [0.25, 0.3) is 17.3 Å². The van der Waals surface area contributed by atoms with Crippen LogP contribution < -0.4 is 5.32 Å². The highest BCUT2D eigenvalue weighted by atomic mass is 32.1. The van der Waals surface area contributed by atoms with Gasteiger partial charge in [0, 0.05) is 10.4 Å². The average Bonchev–Trinajstić information content (AvgIpc) is 3.24. The summed E-state index contributed by atoms with van der Waals surface area (Å²) in [4.78, 5) is 18.7. The number of carbonyl (C=O) groups is 1. The van der Waals surface area contributed by atoms with Gasteiger partial charge in [0.15, 0.2) is 16.6 Å². The van der Waals surface area contributed by atoms with Crippen LogP contribution in [0.1, 0.15) is 48.5 Å². The number of carbonyl (C=O) groups excluding carboxylic acids is 1. The maximum Gasteiger partial charge on any atom is 0.268 e. The molecule has 7 heteroatoms. The predicted molar refractivity (Wildman–Crippen MR) is 125 cm³/mol. The van der Waals surface area contributed by atoms with E-state index < -0.39 is 5.91 Å². The number of nitrogens with zero attached hydrogens (tertiary/aromatic N) is 2. The Labute approximate surface area is 190 Å². The van der Waals surface area contributed by atoms with Gasteiger partial charge in [0.05, 0.1) is 5.69 Å². The molecule has 0 saturated heterocycles. The largest absolute Gasteiger partial charge is 0.504 e. The van der Waals surface area contributed by atoms with E-state index in [4.69, 9.17) is 4.98 Å². The van der Waals surface area contributed by atoms with E-state index in [2.05, 4.69) is 5.32 Å². The van der Waals surface area contributed by atoms with Crippen LogP contribution in [0.15, 0.2) is 54.1 Å². The number of hydrogen-bond acceptors (Lipinski definition) is 6. The van der Waals surface area contributed by atoms with E-state index in [0.717, 1.165) is 24.1 Å². The first-order valence-corrected chi connectivity index (χ1v) is 11.4. The molecular weight excluding hydrogens is 422 g/mol. The highest BCUT2D eigenvalue weighted by Gasteiger charge is 2.24. The molecule has 1 aliphatic rings. The molecule has 0 unspecified atom stereocenters. The highest BCUT2D eigenvalue weighted by Crippen LogP contribution is 2.42. The number of rotatable bonds is 5. The number of amides is 1. The zero-order valence-corrected chi connectivity index (χ0v) is 18.2. The van der Waals surface area contributed by atoms with Crippen LogP contribution in [0.4, 0.5) is 5.13 Å². The Bertz CT molecular complexity index is 1190. The zero-order chi connectivity index (χ0) is 22.5. The summed E-state index contributed by atoms with van der Waals surface area (Å²) in [7, 11) is 0. The number of nitriles is 1. The molecule has 1 aliphatic carbocycles. The third-order valence-corrected chi connectivity index (χ3v) is 6.71. The number of thiazole rings is 1. The van der Waals surface area contributed by atoms with Gasteiger partial charge in [-0.25, -0.2) is 4.98 Å². The summed E-state index contributed by atoms with van der Waals surface area (Å²) < 4.78 is 0. The van der Waals surface area contributed by atoms with Gasteiger partial charge in [-0.3, -0.25) is 10.1 Å². The van der Waals surface area contributed by atoms with Crippen molar-refractivity contribution >= 4 is 28.5 Å². The lowest BCUT2D eigenvalue weighted by Crippen LogP contribution is -2.13. The van der Waals surface area contributed by atoms with Crippen molar-refractivity contribution in [2.45, 2.75) is 38.0 Å².